The predicted molar refractivity (Wildman–Crippen MR) is 119 cm³/mol. The zero-order chi connectivity index (χ0) is 20.8. The number of benzene rings is 2. The number of piperidine rings is 1. The Labute approximate surface area is 180 Å². The molecule has 2 fully saturated rings. The Bertz CT molecular complexity index is 829. The molecule has 0 spiro atoms. The minimum Gasteiger partial charge on any atom is -0.493 e. The molecule has 1 amide bonds. The number of hydrogen-bond acceptors (Lipinski definition) is 3. The second-order valence-electron chi connectivity index (χ2n) is 8.69. The molecule has 1 N–H and O–H groups in total. The number of carbonyl (C=O) groups is 1. The van der Waals surface area contributed by atoms with E-state index in [9.17, 15) is 4.79 Å². The number of nitrogens with one attached hydrogen (secondary N) is 1. The molecule has 30 heavy (non-hydrogen) atoms. The summed E-state index contributed by atoms with van der Waals surface area (Å²) in [5, 5.41) is 3.14. The summed E-state index contributed by atoms with van der Waals surface area (Å²) in [6.07, 6.45) is 8.91. The van der Waals surface area contributed by atoms with Crippen molar-refractivity contribution in [1.82, 2.24) is 5.32 Å². The molecule has 160 valence electrons. The maximum Gasteiger partial charge on any atom is 0.223 e. The van der Waals surface area contributed by atoms with E-state index < -0.39 is 0 Å². The van der Waals surface area contributed by atoms with Crippen LogP contribution in [0.2, 0.25) is 0 Å². The number of rotatable bonds is 8. The standard InChI is InChI=1S/C26H33NO3/c1-29-24-15-14-20(17-25(24)30-23-12-5-6-13-23)22-16-21(26(28)27-18-22)11-7-10-19-8-3-2-4-9-19/h2-4,8-9,14-15,17,21-23H,5-7,10-13,16,18H2,1H3,(H,27,28)/t21-,22-/m1/s1. The lowest BCUT2D eigenvalue weighted by Crippen LogP contribution is -2.40. The van der Waals surface area contributed by atoms with Crippen molar-refractivity contribution in [1.29, 1.82) is 0 Å². The molecule has 0 unspecified atom stereocenters. The molecule has 1 aliphatic carbocycles. The average Bonchev–Trinajstić information content (AvgIpc) is 3.29. The van der Waals surface area contributed by atoms with E-state index in [-0.39, 0.29) is 11.8 Å². The molecular weight excluding hydrogens is 374 g/mol. The monoisotopic (exact) mass is 407 g/mol. The van der Waals surface area contributed by atoms with Crippen LogP contribution in [0.5, 0.6) is 11.5 Å². The maximum atomic E-state index is 12.5. The van der Waals surface area contributed by atoms with Crippen molar-refractivity contribution in [3.05, 3.63) is 59.7 Å². The van der Waals surface area contributed by atoms with Crippen LogP contribution in [-0.4, -0.2) is 25.7 Å². The molecule has 1 saturated carbocycles. The molecule has 4 heteroatoms. The van der Waals surface area contributed by atoms with Gasteiger partial charge in [0.1, 0.15) is 0 Å². The molecular formula is C26H33NO3. The summed E-state index contributed by atoms with van der Waals surface area (Å²) < 4.78 is 11.8. The highest BCUT2D eigenvalue weighted by Gasteiger charge is 2.30. The first-order valence-electron chi connectivity index (χ1n) is 11.4. The molecule has 1 aliphatic heterocycles. The summed E-state index contributed by atoms with van der Waals surface area (Å²) in [5.41, 5.74) is 2.57. The lowest BCUT2D eigenvalue weighted by Gasteiger charge is -2.30. The van der Waals surface area contributed by atoms with Crippen LogP contribution in [0.4, 0.5) is 0 Å². The van der Waals surface area contributed by atoms with E-state index in [2.05, 4.69) is 41.7 Å². The zero-order valence-electron chi connectivity index (χ0n) is 17.9. The van der Waals surface area contributed by atoms with Gasteiger partial charge in [-0.2, -0.15) is 0 Å². The molecule has 2 aromatic rings. The number of hydrogen-bond donors (Lipinski definition) is 1. The first-order chi connectivity index (χ1) is 14.7. The first kappa shape index (κ1) is 20.8. The van der Waals surface area contributed by atoms with E-state index in [4.69, 9.17) is 9.47 Å². The van der Waals surface area contributed by atoms with Gasteiger partial charge in [0.25, 0.3) is 0 Å². The maximum absolute atomic E-state index is 12.5. The van der Waals surface area contributed by atoms with Gasteiger partial charge in [0, 0.05) is 18.4 Å². The predicted octanol–water partition coefficient (Wildman–Crippen LogP) is 5.26. The number of methoxy groups -OCH3 is 1. The molecule has 0 aromatic heterocycles. The Hall–Kier alpha value is -2.49. The Balaban J connectivity index is 1.39. The zero-order valence-corrected chi connectivity index (χ0v) is 17.9. The highest BCUT2D eigenvalue weighted by atomic mass is 16.5. The number of aryl methyl sites for hydroxylation is 1. The van der Waals surface area contributed by atoms with E-state index in [0.29, 0.717) is 18.6 Å². The van der Waals surface area contributed by atoms with Crippen molar-refractivity contribution in [3.8, 4) is 11.5 Å². The number of ether oxygens (including phenoxy) is 2. The van der Waals surface area contributed by atoms with Crippen LogP contribution >= 0.6 is 0 Å². The summed E-state index contributed by atoms with van der Waals surface area (Å²) in [4.78, 5) is 12.5. The van der Waals surface area contributed by atoms with Gasteiger partial charge in [0.15, 0.2) is 11.5 Å². The van der Waals surface area contributed by atoms with Gasteiger partial charge in [-0.3, -0.25) is 4.79 Å². The fourth-order valence-electron chi connectivity index (χ4n) is 4.83. The average molecular weight is 408 g/mol. The van der Waals surface area contributed by atoms with Crippen molar-refractivity contribution >= 4 is 5.91 Å². The Morgan fingerprint density at radius 3 is 2.60 bits per heavy atom. The number of carbonyl (C=O) groups excluding carboxylic acids is 1. The largest absolute Gasteiger partial charge is 0.493 e. The normalized spacial score (nSPS) is 22.0. The van der Waals surface area contributed by atoms with E-state index in [1.54, 1.807) is 7.11 Å². The smallest absolute Gasteiger partial charge is 0.223 e. The minimum atomic E-state index is 0.0776. The van der Waals surface area contributed by atoms with Gasteiger partial charge in [-0.05, 0) is 74.6 Å². The Morgan fingerprint density at radius 1 is 1.03 bits per heavy atom. The third kappa shape index (κ3) is 5.16. The quantitative estimate of drug-likeness (QED) is 0.649. The van der Waals surface area contributed by atoms with Crippen LogP contribution < -0.4 is 14.8 Å². The lowest BCUT2D eigenvalue weighted by molar-refractivity contribution is -0.127. The van der Waals surface area contributed by atoms with Crippen molar-refractivity contribution in [3.63, 3.8) is 0 Å². The highest BCUT2D eigenvalue weighted by molar-refractivity contribution is 5.79. The summed E-state index contributed by atoms with van der Waals surface area (Å²) in [7, 11) is 1.69. The first-order valence-corrected chi connectivity index (χ1v) is 11.4. The van der Waals surface area contributed by atoms with E-state index in [0.717, 1.165) is 50.0 Å². The van der Waals surface area contributed by atoms with E-state index in [1.165, 1.54) is 24.0 Å². The van der Waals surface area contributed by atoms with Crippen molar-refractivity contribution in [2.24, 2.45) is 5.92 Å². The molecule has 1 saturated heterocycles. The molecule has 2 aromatic carbocycles. The van der Waals surface area contributed by atoms with Crippen LogP contribution in [-0.2, 0) is 11.2 Å². The topological polar surface area (TPSA) is 47.6 Å². The summed E-state index contributed by atoms with van der Waals surface area (Å²) in [5.74, 6) is 2.25. The molecule has 2 atom stereocenters. The third-order valence-electron chi connectivity index (χ3n) is 6.58. The lowest BCUT2D eigenvalue weighted by atomic mass is 9.82. The second-order valence-corrected chi connectivity index (χ2v) is 8.69. The fourth-order valence-corrected chi connectivity index (χ4v) is 4.83. The Kier molecular flexibility index (Phi) is 6.93. The summed E-state index contributed by atoms with van der Waals surface area (Å²) >= 11 is 0. The highest BCUT2D eigenvalue weighted by Crippen LogP contribution is 2.37. The van der Waals surface area contributed by atoms with Crippen LogP contribution in [0.15, 0.2) is 48.5 Å². The van der Waals surface area contributed by atoms with Crippen LogP contribution in [0.1, 0.15) is 62.0 Å². The molecule has 1 heterocycles. The van der Waals surface area contributed by atoms with Crippen molar-refractivity contribution in [2.75, 3.05) is 13.7 Å². The molecule has 4 rings (SSSR count). The van der Waals surface area contributed by atoms with Crippen LogP contribution in [0.3, 0.4) is 0 Å². The van der Waals surface area contributed by atoms with Gasteiger partial charge in [0.2, 0.25) is 5.91 Å². The van der Waals surface area contributed by atoms with Gasteiger partial charge >= 0.3 is 0 Å². The van der Waals surface area contributed by atoms with Gasteiger partial charge in [-0.15, -0.1) is 0 Å². The second kappa shape index (κ2) is 10.0. The Morgan fingerprint density at radius 2 is 1.83 bits per heavy atom. The molecule has 4 nitrogen and oxygen atoms in total. The van der Waals surface area contributed by atoms with Gasteiger partial charge in [0.05, 0.1) is 13.2 Å². The molecule has 0 bridgehead atoms. The van der Waals surface area contributed by atoms with E-state index >= 15 is 0 Å². The minimum absolute atomic E-state index is 0.0776. The van der Waals surface area contributed by atoms with Gasteiger partial charge in [-0.25, -0.2) is 0 Å². The van der Waals surface area contributed by atoms with E-state index in [1.807, 2.05) is 12.1 Å². The number of amides is 1. The third-order valence-corrected chi connectivity index (χ3v) is 6.58. The van der Waals surface area contributed by atoms with Crippen LogP contribution in [0.25, 0.3) is 0 Å². The van der Waals surface area contributed by atoms with Crippen molar-refractivity contribution in [2.45, 2.75) is 63.4 Å². The van der Waals surface area contributed by atoms with Gasteiger partial charge < -0.3 is 14.8 Å². The molecule has 2 aliphatic rings. The SMILES string of the molecule is COc1ccc([C@H]2CNC(=O)[C@H](CCCc3ccccc3)C2)cc1OC1CCCC1. The van der Waals surface area contributed by atoms with Crippen molar-refractivity contribution < 1.29 is 14.3 Å². The summed E-state index contributed by atoms with van der Waals surface area (Å²) in [6, 6.07) is 16.8. The van der Waals surface area contributed by atoms with Crippen LogP contribution in [0, 0.1) is 5.92 Å². The summed E-state index contributed by atoms with van der Waals surface area (Å²) in [6.45, 7) is 0.698. The fraction of sp³-hybridized carbons (Fsp3) is 0.500. The molecule has 0 radical (unpaired) electrons. The van der Waals surface area contributed by atoms with Gasteiger partial charge in [-0.1, -0.05) is 36.4 Å².